The Morgan fingerprint density at radius 3 is 2.87 bits per heavy atom. The number of carbonyl (C=O) groups excluding carboxylic acids is 1. The Hall–Kier alpha value is -1.57. The van der Waals surface area contributed by atoms with Crippen molar-refractivity contribution in [2.75, 3.05) is 6.61 Å². The number of hydrogen-bond donors (Lipinski definition) is 0. The van der Waals surface area contributed by atoms with Crippen LogP contribution in [0.1, 0.15) is 16.7 Å². The maximum absolute atomic E-state index is 10.8. The molecule has 1 rings (SSSR count). The minimum atomic E-state index is -0.361. The number of hydrogen-bond acceptors (Lipinski definition) is 2. The van der Waals surface area contributed by atoms with Crippen molar-refractivity contribution in [3.05, 3.63) is 47.5 Å². The fourth-order valence-electron chi connectivity index (χ4n) is 1.39. The first-order chi connectivity index (χ1) is 7.13. The van der Waals surface area contributed by atoms with E-state index in [2.05, 4.69) is 38.6 Å². The predicted molar refractivity (Wildman–Crippen MR) is 60.8 cm³/mol. The first-order valence-corrected chi connectivity index (χ1v) is 4.99. The van der Waals surface area contributed by atoms with Gasteiger partial charge in [-0.2, -0.15) is 0 Å². The van der Waals surface area contributed by atoms with Crippen molar-refractivity contribution in [1.82, 2.24) is 0 Å². The number of benzene rings is 1. The molecular formula is C13H16O2. The van der Waals surface area contributed by atoms with Crippen molar-refractivity contribution >= 4 is 5.97 Å². The predicted octanol–water partition coefficient (Wildman–Crippen LogP) is 2.58. The number of rotatable bonds is 4. The fraction of sp³-hybridized carbons (Fsp3) is 0.308. The molecule has 2 heteroatoms. The molecule has 0 radical (unpaired) electrons. The molecule has 0 spiro atoms. The second-order valence-electron chi connectivity index (χ2n) is 3.55. The van der Waals surface area contributed by atoms with Gasteiger partial charge in [-0.25, -0.2) is 4.79 Å². The molecule has 0 aliphatic carbocycles. The number of ether oxygens (including phenoxy) is 1. The van der Waals surface area contributed by atoms with Gasteiger partial charge in [0, 0.05) is 12.5 Å². The van der Waals surface area contributed by atoms with Gasteiger partial charge in [0.25, 0.3) is 0 Å². The van der Waals surface area contributed by atoms with Crippen LogP contribution < -0.4 is 0 Å². The summed E-state index contributed by atoms with van der Waals surface area (Å²) in [6.07, 6.45) is 1.94. The highest BCUT2D eigenvalue weighted by molar-refractivity contribution is 5.81. The summed E-state index contributed by atoms with van der Waals surface area (Å²) in [7, 11) is 0. The van der Waals surface area contributed by atoms with Crippen LogP contribution in [0.4, 0.5) is 0 Å². The summed E-state index contributed by atoms with van der Waals surface area (Å²) >= 11 is 0. The normalized spacial score (nSPS) is 9.73. The van der Waals surface area contributed by atoms with Crippen molar-refractivity contribution in [1.29, 1.82) is 0 Å². The molecule has 0 unspecified atom stereocenters. The van der Waals surface area contributed by atoms with Gasteiger partial charge >= 0.3 is 5.97 Å². The number of aryl methyl sites for hydroxylation is 2. The quantitative estimate of drug-likeness (QED) is 0.556. The molecule has 0 saturated heterocycles. The Morgan fingerprint density at radius 2 is 2.20 bits per heavy atom. The summed E-state index contributed by atoms with van der Waals surface area (Å²) < 4.78 is 4.93. The van der Waals surface area contributed by atoms with Crippen molar-refractivity contribution in [3.63, 3.8) is 0 Å². The molecule has 0 heterocycles. The molecule has 1 aromatic carbocycles. The molecule has 0 amide bonds. The Balaban J connectivity index is 2.53. The Kier molecular flexibility index (Phi) is 4.10. The minimum Gasteiger partial charge on any atom is -0.462 e. The lowest BCUT2D eigenvalue weighted by Crippen LogP contribution is -2.05. The van der Waals surface area contributed by atoms with E-state index >= 15 is 0 Å². The third-order valence-corrected chi connectivity index (χ3v) is 2.29. The van der Waals surface area contributed by atoms with Gasteiger partial charge in [-0.1, -0.05) is 30.3 Å². The van der Waals surface area contributed by atoms with Gasteiger partial charge in [0.05, 0.1) is 6.61 Å². The van der Waals surface area contributed by atoms with E-state index in [1.807, 2.05) is 0 Å². The summed E-state index contributed by atoms with van der Waals surface area (Å²) in [4.78, 5) is 10.8. The average Bonchev–Trinajstić information content (AvgIpc) is 2.23. The lowest BCUT2D eigenvalue weighted by atomic mass is 10.0. The Labute approximate surface area is 90.6 Å². The second-order valence-corrected chi connectivity index (χ2v) is 3.55. The fourth-order valence-corrected chi connectivity index (χ4v) is 1.39. The van der Waals surface area contributed by atoms with Crippen LogP contribution in [-0.4, -0.2) is 12.6 Å². The van der Waals surface area contributed by atoms with Gasteiger partial charge in [-0.15, -0.1) is 0 Å². The Bertz CT molecular complexity index is 367. The topological polar surface area (TPSA) is 26.3 Å². The zero-order valence-corrected chi connectivity index (χ0v) is 9.25. The van der Waals surface area contributed by atoms with Crippen LogP contribution in [0.25, 0.3) is 0 Å². The molecule has 2 nitrogen and oxygen atoms in total. The van der Waals surface area contributed by atoms with Gasteiger partial charge < -0.3 is 4.74 Å². The van der Waals surface area contributed by atoms with Gasteiger partial charge in [-0.3, -0.25) is 0 Å². The summed E-state index contributed by atoms with van der Waals surface area (Å²) in [5.74, 6) is -0.361. The molecule has 0 aliphatic heterocycles. The zero-order valence-electron chi connectivity index (χ0n) is 9.25. The molecule has 1 aromatic rings. The molecule has 0 aromatic heterocycles. The van der Waals surface area contributed by atoms with E-state index in [4.69, 9.17) is 4.74 Å². The van der Waals surface area contributed by atoms with Crippen molar-refractivity contribution in [2.45, 2.75) is 20.3 Å². The molecule has 0 atom stereocenters. The molecule has 0 saturated carbocycles. The SMILES string of the molecule is C=CC(=O)OCCc1cc(C)ccc1C. The van der Waals surface area contributed by atoms with E-state index in [1.165, 1.54) is 22.8 Å². The van der Waals surface area contributed by atoms with Gasteiger partial charge in [-0.05, 0) is 25.0 Å². The highest BCUT2D eigenvalue weighted by Gasteiger charge is 2.00. The highest BCUT2D eigenvalue weighted by Crippen LogP contribution is 2.11. The molecule has 15 heavy (non-hydrogen) atoms. The molecule has 0 N–H and O–H groups in total. The minimum absolute atomic E-state index is 0.361. The van der Waals surface area contributed by atoms with E-state index in [-0.39, 0.29) is 5.97 Å². The average molecular weight is 204 g/mol. The number of carbonyl (C=O) groups is 1. The zero-order chi connectivity index (χ0) is 11.3. The van der Waals surface area contributed by atoms with Crippen molar-refractivity contribution in [2.24, 2.45) is 0 Å². The van der Waals surface area contributed by atoms with E-state index < -0.39 is 0 Å². The summed E-state index contributed by atoms with van der Waals surface area (Å²) in [6.45, 7) is 7.87. The van der Waals surface area contributed by atoms with E-state index in [9.17, 15) is 4.79 Å². The summed E-state index contributed by atoms with van der Waals surface area (Å²) in [5, 5.41) is 0. The largest absolute Gasteiger partial charge is 0.462 e. The molecular weight excluding hydrogens is 188 g/mol. The van der Waals surface area contributed by atoms with Crippen LogP contribution in [0.3, 0.4) is 0 Å². The molecule has 0 aliphatic rings. The van der Waals surface area contributed by atoms with Crippen LogP contribution in [0.5, 0.6) is 0 Å². The standard InChI is InChI=1S/C13H16O2/c1-4-13(14)15-8-7-12-9-10(2)5-6-11(12)3/h4-6,9H,1,7-8H2,2-3H3. The third-order valence-electron chi connectivity index (χ3n) is 2.29. The van der Waals surface area contributed by atoms with Crippen molar-refractivity contribution in [3.8, 4) is 0 Å². The Morgan fingerprint density at radius 1 is 1.47 bits per heavy atom. The third kappa shape index (κ3) is 3.58. The second kappa shape index (κ2) is 5.35. The lowest BCUT2D eigenvalue weighted by Gasteiger charge is -2.07. The first kappa shape index (κ1) is 11.5. The van der Waals surface area contributed by atoms with Crippen LogP contribution in [0.2, 0.25) is 0 Å². The first-order valence-electron chi connectivity index (χ1n) is 4.99. The van der Waals surface area contributed by atoms with Crippen LogP contribution in [0.15, 0.2) is 30.9 Å². The smallest absolute Gasteiger partial charge is 0.330 e. The lowest BCUT2D eigenvalue weighted by molar-refractivity contribution is -0.137. The maximum atomic E-state index is 10.8. The highest BCUT2D eigenvalue weighted by atomic mass is 16.5. The van der Waals surface area contributed by atoms with E-state index in [1.54, 1.807) is 0 Å². The maximum Gasteiger partial charge on any atom is 0.330 e. The van der Waals surface area contributed by atoms with E-state index in [0.29, 0.717) is 6.61 Å². The van der Waals surface area contributed by atoms with Crippen molar-refractivity contribution < 1.29 is 9.53 Å². The van der Waals surface area contributed by atoms with Crippen LogP contribution in [-0.2, 0) is 16.0 Å². The molecule has 80 valence electrons. The van der Waals surface area contributed by atoms with Gasteiger partial charge in [0.1, 0.15) is 0 Å². The number of esters is 1. The molecule has 0 fully saturated rings. The van der Waals surface area contributed by atoms with Crippen LogP contribution in [0, 0.1) is 13.8 Å². The summed E-state index contributed by atoms with van der Waals surface area (Å²) in [5.41, 5.74) is 3.69. The monoisotopic (exact) mass is 204 g/mol. The van der Waals surface area contributed by atoms with Gasteiger partial charge in [0.2, 0.25) is 0 Å². The van der Waals surface area contributed by atoms with E-state index in [0.717, 1.165) is 6.42 Å². The summed E-state index contributed by atoms with van der Waals surface area (Å²) in [6, 6.07) is 6.28. The van der Waals surface area contributed by atoms with Gasteiger partial charge in [0.15, 0.2) is 0 Å². The molecule has 0 bridgehead atoms. The van der Waals surface area contributed by atoms with Crippen LogP contribution >= 0.6 is 0 Å².